The summed E-state index contributed by atoms with van der Waals surface area (Å²) in [5, 5.41) is 0. The molecule has 0 unspecified atom stereocenters. The Bertz CT molecular complexity index is 174. The summed E-state index contributed by atoms with van der Waals surface area (Å²) < 4.78 is -0.250. The van der Waals surface area contributed by atoms with Crippen LogP contribution in [0.4, 0.5) is 0 Å². The molecule has 0 bridgehead atoms. The molecule has 0 saturated heterocycles. The van der Waals surface area contributed by atoms with Gasteiger partial charge in [-0.05, 0) is 28.2 Å². The van der Waals surface area contributed by atoms with Gasteiger partial charge in [-0.15, -0.1) is 0 Å². The minimum atomic E-state index is -0.125. The number of nitrogens with zero attached hydrogens (tertiary/aromatic N) is 2. The van der Waals surface area contributed by atoms with Gasteiger partial charge in [0.2, 0.25) is 0 Å². The first-order chi connectivity index (χ1) is 6.75. The van der Waals surface area contributed by atoms with E-state index in [0.29, 0.717) is 14.4 Å². The molecule has 0 aromatic rings. The predicted octanol–water partition coefficient (Wildman–Crippen LogP) is 0.271. The second-order valence-corrected chi connectivity index (χ2v) is 5.18. The fourth-order valence-electron chi connectivity index (χ4n) is 0.557. The Hall–Kier alpha value is -0.246. The van der Waals surface area contributed by atoms with Crippen molar-refractivity contribution in [3.8, 4) is 0 Å². The molecule has 0 aliphatic rings. The van der Waals surface area contributed by atoms with E-state index in [2.05, 4.69) is 38.0 Å². The van der Waals surface area contributed by atoms with E-state index in [1.54, 1.807) is 0 Å². The quantitative estimate of drug-likeness (QED) is 0.666. The Morgan fingerprint density at radius 1 is 0.867 bits per heavy atom. The molecular weight excluding hydrogens is 239 g/mol. The Balaban J connectivity index is 0. The zero-order valence-corrected chi connectivity index (χ0v) is 11.4. The third-order valence-electron chi connectivity index (χ3n) is 1.22. The molecule has 0 aromatic heterocycles. The third kappa shape index (κ3) is 24.8. The molecule has 0 aliphatic carbocycles. The van der Waals surface area contributed by atoms with E-state index in [1.165, 1.54) is 13.8 Å². The zero-order valence-electron chi connectivity index (χ0n) is 10.4. The molecule has 0 heterocycles. The fraction of sp³-hybridized carbons (Fsp3) is 0.800. The minimum absolute atomic E-state index is 0.125. The van der Waals surface area contributed by atoms with Crippen LogP contribution in [-0.2, 0) is 24.0 Å². The van der Waals surface area contributed by atoms with Crippen LogP contribution < -0.4 is 0 Å². The molecular formula is C10H22N2NiO2. The van der Waals surface area contributed by atoms with Crippen LogP contribution in [0.1, 0.15) is 13.8 Å². The van der Waals surface area contributed by atoms with Gasteiger partial charge >= 0.3 is 47.4 Å². The van der Waals surface area contributed by atoms with Crippen LogP contribution in [0, 0.1) is 0 Å². The van der Waals surface area contributed by atoms with E-state index in [-0.39, 0.29) is 9.51 Å². The molecule has 0 atom stereocenters. The number of hydrogen-bond donors (Lipinski definition) is 0. The van der Waals surface area contributed by atoms with E-state index < -0.39 is 0 Å². The van der Waals surface area contributed by atoms with Crippen LogP contribution >= 0.6 is 0 Å². The Morgan fingerprint density at radius 3 is 1.20 bits per heavy atom. The summed E-state index contributed by atoms with van der Waals surface area (Å²) in [5.74, 6) is 0. The average molecular weight is 261 g/mol. The zero-order chi connectivity index (χ0) is 12.4. The van der Waals surface area contributed by atoms with Crippen LogP contribution in [0.2, 0.25) is 0 Å². The van der Waals surface area contributed by atoms with Gasteiger partial charge in [-0.2, -0.15) is 0 Å². The molecule has 0 aromatic carbocycles. The van der Waals surface area contributed by atoms with Crippen molar-refractivity contribution in [2.24, 2.45) is 0 Å². The summed E-state index contributed by atoms with van der Waals surface area (Å²) in [6.07, 6.45) is 0. The molecule has 0 spiro atoms. The maximum absolute atomic E-state index is 10.0. The monoisotopic (exact) mass is 260 g/mol. The van der Waals surface area contributed by atoms with E-state index in [0.717, 1.165) is 13.1 Å². The number of rotatable bonds is 5. The van der Waals surface area contributed by atoms with Crippen LogP contribution in [0.15, 0.2) is 0 Å². The molecule has 0 rings (SSSR count). The van der Waals surface area contributed by atoms with E-state index >= 15 is 0 Å². The van der Waals surface area contributed by atoms with Gasteiger partial charge in [0.25, 0.3) is 0 Å². The van der Waals surface area contributed by atoms with Crippen molar-refractivity contribution in [2.75, 3.05) is 41.3 Å². The Morgan fingerprint density at radius 2 is 1.13 bits per heavy atom. The molecule has 0 amide bonds. The molecule has 0 aliphatic heterocycles. The van der Waals surface area contributed by atoms with Gasteiger partial charge in [0, 0.05) is 13.1 Å². The third-order valence-corrected chi connectivity index (χ3v) is 1.91. The number of likely N-dealkylation sites (N-methyl/N-ethyl adjacent to an activating group) is 2. The van der Waals surface area contributed by atoms with Gasteiger partial charge in [-0.3, -0.25) is 0 Å². The van der Waals surface area contributed by atoms with Gasteiger partial charge in [0.1, 0.15) is 0 Å². The Labute approximate surface area is 98.8 Å². The summed E-state index contributed by atoms with van der Waals surface area (Å²) >= 11 is 0.569. The van der Waals surface area contributed by atoms with Gasteiger partial charge in [-0.25, -0.2) is 0 Å². The number of hydrogen-bond acceptors (Lipinski definition) is 4. The molecule has 94 valence electrons. The van der Waals surface area contributed by atoms with Crippen LogP contribution in [0.25, 0.3) is 0 Å². The summed E-state index contributed by atoms with van der Waals surface area (Å²) in [4.78, 5) is 24.4. The van der Waals surface area contributed by atoms with E-state index in [1.807, 2.05) is 0 Å². The fourth-order valence-corrected chi connectivity index (χ4v) is 1.05. The molecule has 0 fully saturated rings. The van der Waals surface area contributed by atoms with Crippen molar-refractivity contribution in [1.29, 1.82) is 0 Å². The second kappa shape index (κ2) is 10.3. The van der Waals surface area contributed by atoms with Gasteiger partial charge < -0.3 is 9.80 Å². The average Bonchev–Trinajstić information content (AvgIpc) is 1.99. The summed E-state index contributed by atoms with van der Waals surface area (Å²) in [7, 11) is 8.35. The first kappa shape index (κ1) is 17.2. The van der Waals surface area contributed by atoms with Crippen LogP contribution in [-0.4, -0.2) is 60.6 Å². The molecule has 4 nitrogen and oxygen atoms in total. The van der Waals surface area contributed by atoms with E-state index in [4.69, 9.17) is 0 Å². The van der Waals surface area contributed by atoms with Crippen molar-refractivity contribution in [1.82, 2.24) is 9.80 Å². The molecule has 0 N–H and O–H groups in total. The molecule has 5 heteroatoms. The Kier molecular flexibility index (Phi) is 11.8. The first-order valence-corrected chi connectivity index (χ1v) is 5.63. The second-order valence-electron chi connectivity index (χ2n) is 3.54. The van der Waals surface area contributed by atoms with Crippen molar-refractivity contribution >= 4 is 9.51 Å². The topological polar surface area (TPSA) is 40.6 Å². The summed E-state index contributed by atoms with van der Waals surface area (Å²) in [6, 6.07) is 0. The number of carbonyl (C=O) groups excluding carboxylic acids is 2. The van der Waals surface area contributed by atoms with Gasteiger partial charge in [0.05, 0.1) is 0 Å². The standard InChI is InChI=1S/C6H16N2.2C2H3O.Ni/c1-7(2)5-6-8(3)4;2*1-2-3;/h5-6H2,1-4H3;2*1H3;. The predicted molar refractivity (Wildman–Crippen MR) is 58.5 cm³/mol. The van der Waals surface area contributed by atoms with Crippen molar-refractivity contribution in [2.45, 2.75) is 13.8 Å². The maximum atomic E-state index is 10.0. The van der Waals surface area contributed by atoms with Crippen molar-refractivity contribution < 1.29 is 24.0 Å². The molecule has 15 heavy (non-hydrogen) atoms. The molecule has 0 saturated carbocycles. The van der Waals surface area contributed by atoms with Crippen LogP contribution in [0.5, 0.6) is 0 Å². The van der Waals surface area contributed by atoms with Gasteiger partial charge in [0.15, 0.2) is 0 Å². The summed E-state index contributed by atoms with van der Waals surface area (Å²) in [6.45, 7) is 5.04. The van der Waals surface area contributed by atoms with Gasteiger partial charge in [-0.1, -0.05) is 0 Å². The van der Waals surface area contributed by atoms with E-state index in [9.17, 15) is 9.59 Å². The first-order valence-electron chi connectivity index (χ1n) is 4.65. The number of carbonyl (C=O) groups is 2. The van der Waals surface area contributed by atoms with Crippen molar-refractivity contribution in [3.63, 3.8) is 0 Å². The molecule has 0 radical (unpaired) electrons. The normalized spacial score (nSPS) is 10.1. The summed E-state index contributed by atoms with van der Waals surface area (Å²) in [5.41, 5.74) is 0. The van der Waals surface area contributed by atoms with Crippen molar-refractivity contribution in [3.05, 3.63) is 0 Å². The van der Waals surface area contributed by atoms with Crippen LogP contribution in [0.3, 0.4) is 0 Å². The SMILES string of the molecule is CN(C)CCN(C)C.C[C](=O)[Ni][C](C)=O.